The number of carbonyl (C=O) groups is 2. The van der Waals surface area contributed by atoms with Crippen LogP contribution in [0.4, 0.5) is 0 Å². The van der Waals surface area contributed by atoms with E-state index in [1.54, 1.807) is 0 Å². The van der Waals surface area contributed by atoms with Crippen molar-refractivity contribution in [1.29, 1.82) is 0 Å². The van der Waals surface area contributed by atoms with Crippen molar-refractivity contribution >= 4 is 11.9 Å². The summed E-state index contributed by atoms with van der Waals surface area (Å²) in [6, 6.07) is 0. The summed E-state index contributed by atoms with van der Waals surface area (Å²) in [7, 11) is 0. The maximum Gasteiger partial charge on any atom is 0.310 e. The van der Waals surface area contributed by atoms with E-state index in [9.17, 15) is 9.59 Å². The summed E-state index contributed by atoms with van der Waals surface area (Å²) in [4.78, 5) is 23.0. The fourth-order valence-electron chi connectivity index (χ4n) is 2.24. The van der Waals surface area contributed by atoms with E-state index in [1.807, 2.05) is 12.2 Å². The second kappa shape index (κ2) is 7.12. The Balaban J connectivity index is 1.57. The van der Waals surface area contributed by atoms with Crippen LogP contribution in [0.2, 0.25) is 0 Å². The largest absolute Gasteiger partial charge is 0.431 e. The van der Waals surface area contributed by atoms with Crippen LogP contribution in [0.1, 0.15) is 57.8 Å². The van der Waals surface area contributed by atoms with Crippen LogP contribution in [0.3, 0.4) is 0 Å². The molecule has 4 heteroatoms. The zero-order chi connectivity index (χ0) is 13.5. The molecule has 0 aliphatic heterocycles. The van der Waals surface area contributed by atoms with Gasteiger partial charge >= 0.3 is 11.9 Å². The third-order valence-electron chi connectivity index (χ3n) is 3.25. The number of ether oxygens (including phenoxy) is 2. The minimum absolute atomic E-state index is 0.249. The van der Waals surface area contributed by atoms with Crippen molar-refractivity contribution in [2.24, 2.45) is 0 Å². The maximum atomic E-state index is 11.5. The molecule has 104 valence electrons. The van der Waals surface area contributed by atoms with E-state index in [2.05, 4.69) is 0 Å². The Morgan fingerprint density at radius 2 is 1.37 bits per heavy atom. The van der Waals surface area contributed by atoms with Crippen molar-refractivity contribution in [2.45, 2.75) is 57.8 Å². The second-order valence-electron chi connectivity index (χ2n) is 4.93. The first-order chi connectivity index (χ1) is 9.24. The lowest BCUT2D eigenvalue weighted by atomic mass is 10.2. The molecule has 0 aromatic rings. The molecule has 2 aliphatic carbocycles. The number of carbonyl (C=O) groups excluding carboxylic acids is 2. The Kier molecular flexibility index (Phi) is 5.19. The van der Waals surface area contributed by atoms with Gasteiger partial charge in [-0.2, -0.15) is 0 Å². The molecule has 4 nitrogen and oxygen atoms in total. The maximum absolute atomic E-state index is 11.5. The Labute approximate surface area is 113 Å². The zero-order valence-corrected chi connectivity index (χ0v) is 11.2. The van der Waals surface area contributed by atoms with Gasteiger partial charge in [0, 0.05) is 25.7 Å². The average molecular weight is 264 g/mol. The summed E-state index contributed by atoms with van der Waals surface area (Å²) >= 11 is 0. The Hall–Kier alpha value is -1.58. The minimum Gasteiger partial charge on any atom is -0.431 e. The summed E-state index contributed by atoms with van der Waals surface area (Å²) in [6.45, 7) is 0. The fourth-order valence-corrected chi connectivity index (χ4v) is 2.24. The van der Waals surface area contributed by atoms with Crippen molar-refractivity contribution in [3.63, 3.8) is 0 Å². The Morgan fingerprint density at radius 1 is 0.895 bits per heavy atom. The van der Waals surface area contributed by atoms with Crippen LogP contribution in [0.15, 0.2) is 23.7 Å². The monoisotopic (exact) mass is 264 g/mol. The Bertz CT molecular complexity index is 368. The SMILES string of the molecule is O=C(CCCC(=O)OC1=CCCC1)OC1=CCCC1. The van der Waals surface area contributed by atoms with Gasteiger partial charge in [-0.25, -0.2) is 0 Å². The lowest BCUT2D eigenvalue weighted by Crippen LogP contribution is -2.07. The van der Waals surface area contributed by atoms with Gasteiger partial charge in [-0.3, -0.25) is 9.59 Å². The molecular weight excluding hydrogens is 244 g/mol. The summed E-state index contributed by atoms with van der Waals surface area (Å²) in [5, 5.41) is 0. The molecule has 0 unspecified atom stereocenters. The fraction of sp³-hybridized carbons (Fsp3) is 0.600. The van der Waals surface area contributed by atoms with Crippen molar-refractivity contribution in [2.75, 3.05) is 0 Å². The number of rotatable bonds is 6. The first-order valence-electron chi connectivity index (χ1n) is 7.03. The van der Waals surface area contributed by atoms with Crippen LogP contribution in [-0.4, -0.2) is 11.9 Å². The summed E-state index contributed by atoms with van der Waals surface area (Å²) < 4.78 is 10.4. The molecule has 0 heterocycles. The number of hydrogen-bond donors (Lipinski definition) is 0. The predicted octanol–water partition coefficient (Wildman–Crippen LogP) is 3.38. The van der Waals surface area contributed by atoms with E-state index < -0.39 is 0 Å². The van der Waals surface area contributed by atoms with Gasteiger partial charge in [0.25, 0.3) is 0 Å². The third-order valence-corrected chi connectivity index (χ3v) is 3.25. The number of esters is 2. The van der Waals surface area contributed by atoms with Gasteiger partial charge in [-0.1, -0.05) is 0 Å². The molecule has 2 aliphatic rings. The van der Waals surface area contributed by atoms with Crippen LogP contribution in [-0.2, 0) is 19.1 Å². The Morgan fingerprint density at radius 3 is 1.74 bits per heavy atom. The molecule has 0 radical (unpaired) electrons. The minimum atomic E-state index is -0.249. The standard InChI is InChI=1S/C15H20O4/c16-14(18-12-6-1-2-7-12)10-5-11-15(17)19-13-8-3-4-9-13/h6,8H,1-5,7,9-11H2. The molecule has 0 fully saturated rings. The van der Waals surface area contributed by atoms with Gasteiger partial charge in [0.1, 0.15) is 11.5 Å². The van der Waals surface area contributed by atoms with E-state index in [0.717, 1.165) is 50.0 Å². The van der Waals surface area contributed by atoms with E-state index in [4.69, 9.17) is 9.47 Å². The summed E-state index contributed by atoms with van der Waals surface area (Å²) in [5.74, 6) is 1.06. The van der Waals surface area contributed by atoms with Gasteiger partial charge < -0.3 is 9.47 Å². The molecule has 19 heavy (non-hydrogen) atoms. The van der Waals surface area contributed by atoms with Gasteiger partial charge in [0.05, 0.1) is 0 Å². The molecule has 0 aromatic carbocycles. The van der Waals surface area contributed by atoms with Crippen molar-refractivity contribution in [3.05, 3.63) is 23.7 Å². The number of allylic oxidation sites excluding steroid dienone is 4. The molecule has 0 atom stereocenters. The topological polar surface area (TPSA) is 52.6 Å². The molecule has 0 saturated heterocycles. The van der Waals surface area contributed by atoms with Crippen molar-refractivity contribution in [3.8, 4) is 0 Å². The van der Waals surface area contributed by atoms with Gasteiger partial charge in [0.2, 0.25) is 0 Å². The van der Waals surface area contributed by atoms with E-state index in [0.29, 0.717) is 6.42 Å². The highest BCUT2D eigenvalue weighted by molar-refractivity contribution is 5.73. The van der Waals surface area contributed by atoms with Crippen molar-refractivity contribution in [1.82, 2.24) is 0 Å². The highest BCUT2D eigenvalue weighted by Gasteiger charge is 2.14. The van der Waals surface area contributed by atoms with Crippen molar-refractivity contribution < 1.29 is 19.1 Å². The van der Waals surface area contributed by atoms with Gasteiger partial charge in [-0.15, -0.1) is 0 Å². The van der Waals surface area contributed by atoms with Gasteiger partial charge in [-0.05, 0) is 44.3 Å². The van der Waals surface area contributed by atoms with Crippen LogP contribution in [0.25, 0.3) is 0 Å². The lowest BCUT2D eigenvalue weighted by Gasteiger charge is -2.06. The average Bonchev–Trinajstić information content (AvgIpc) is 3.02. The quantitative estimate of drug-likeness (QED) is 0.690. The highest BCUT2D eigenvalue weighted by atomic mass is 16.5. The third kappa shape index (κ3) is 4.89. The van der Waals surface area contributed by atoms with Gasteiger partial charge in [0.15, 0.2) is 0 Å². The molecule has 0 saturated carbocycles. The van der Waals surface area contributed by atoms with E-state index in [-0.39, 0.29) is 24.8 Å². The first kappa shape index (κ1) is 13.8. The predicted molar refractivity (Wildman–Crippen MR) is 69.9 cm³/mol. The second-order valence-corrected chi connectivity index (χ2v) is 4.93. The molecule has 0 aromatic heterocycles. The molecule has 2 rings (SSSR count). The summed E-state index contributed by atoms with van der Waals surface area (Å²) in [6.07, 6.45) is 10.7. The van der Waals surface area contributed by atoms with E-state index in [1.165, 1.54) is 0 Å². The van der Waals surface area contributed by atoms with Crippen LogP contribution in [0, 0.1) is 0 Å². The lowest BCUT2D eigenvalue weighted by molar-refractivity contribution is -0.141. The molecule has 0 spiro atoms. The summed E-state index contributed by atoms with van der Waals surface area (Å²) in [5.41, 5.74) is 0. The van der Waals surface area contributed by atoms with Crippen LogP contribution in [0.5, 0.6) is 0 Å². The molecular formula is C15H20O4. The number of hydrogen-bond acceptors (Lipinski definition) is 4. The smallest absolute Gasteiger partial charge is 0.310 e. The first-order valence-corrected chi connectivity index (χ1v) is 7.03. The van der Waals surface area contributed by atoms with E-state index >= 15 is 0 Å². The molecule has 0 bridgehead atoms. The molecule has 0 N–H and O–H groups in total. The molecule has 0 amide bonds. The van der Waals surface area contributed by atoms with Crippen LogP contribution >= 0.6 is 0 Å². The zero-order valence-electron chi connectivity index (χ0n) is 11.2. The van der Waals surface area contributed by atoms with Crippen LogP contribution < -0.4 is 0 Å². The highest BCUT2D eigenvalue weighted by Crippen LogP contribution is 2.20. The normalized spacial score (nSPS) is 17.9.